The summed E-state index contributed by atoms with van der Waals surface area (Å²) in [6, 6.07) is 9.02. The number of hydrogen-bond donors (Lipinski definition) is 2. The largest absolute Gasteiger partial charge is 0.504 e. The highest BCUT2D eigenvalue weighted by atomic mass is 19.4. The van der Waals surface area contributed by atoms with E-state index in [9.17, 15) is 23.1 Å². The maximum absolute atomic E-state index is 12.6. The van der Waals surface area contributed by atoms with E-state index in [2.05, 4.69) is 10.5 Å². The Morgan fingerprint density at radius 3 is 2.72 bits per heavy atom. The fourth-order valence-corrected chi connectivity index (χ4v) is 2.04. The molecule has 25 heavy (non-hydrogen) atoms. The predicted molar refractivity (Wildman–Crippen MR) is 85.5 cm³/mol. The van der Waals surface area contributed by atoms with Gasteiger partial charge in [-0.05, 0) is 35.4 Å². The van der Waals surface area contributed by atoms with Crippen molar-refractivity contribution in [1.82, 2.24) is 5.43 Å². The second-order valence-corrected chi connectivity index (χ2v) is 5.10. The van der Waals surface area contributed by atoms with Crippen LogP contribution in [0.25, 0.3) is 0 Å². The van der Waals surface area contributed by atoms with Crippen LogP contribution in [0.4, 0.5) is 13.2 Å². The van der Waals surface area contributed by atoms with Crippen LogP contribution in [0.5, 0.6) is 11.5 Å². The quantitative estimate of drug-likeness (QED) is 0.642. The number of phenols is 1. The standard InChI is InChI=1S/C17H15F3N2O3/c1-25-15-8-12(5-6-14(15)23)10-21-22-16(24)9-11-3-2-4-13(7-11)17(18,19)20/h2-8,10,23H,9H2,1H3,(H,22,24)/b21-10+. The van der Waals surface area contributed by atoms with Crippen LogP contribution >= 0.6 is 0 Å². The summed E-state index contributed by atoms with van der Waals surface area (Å²) in [7, 11) is 1.40. The van der Waals surface area contributed by atoms with E-state index in [4.69, 9.17) is 4.74 Å². The van der Waals surface area contributed by atoms with Crippen molar-refractivity contribution >= 4 is 12.1 Å². The average molecular weight is 352 g/mol. The third kappa shape index (κ3) is 5.23. The number of phenolic OH excluding ortho intramolecular Hbond substituents is 1. The lowest BCUT2D eigenvalue weighted by atomic mass is 10.1. The Balaban J connectivity index is 1.97. The van der Waals surface area contributed by atoms with Crippen LogP contribution < -0.4 is 10.2 Å². The van der Waals surface area contributed by atoms with Crippen molar-refractivity contribution in [1.29, 1.82) is 0 Å². The molecule has 0 unspecified atom stereocenters. The Labute approximate surface area is 141 Å². The Hall–Kier alpha value is -3.03. The van der Waals surface area contributed by atoms with Crippen LogP contribution in [0, 0.1) is 0 Å². The van der Waals surface area contributed by atoms with E-state index in [1.165, 1.54) is 37.6 Å². The number of hydrogen-bond acceptors (Lipinski definition) is 4. The number of amides is 1. The van der Waals surface area contributed by atoms with Crippen molar-refractivity contribution in [3.8, 4) is 11.5 Å². The molecule has 0 aliphatic rings. The number of nitrogens with one attached hydrogen (secondary N) is 1. The number of methoxy groups -OCH3 is 1. The molecular weight excluding hydrogens is 337 g/mol. The van der Waals surface area contributed by atoms with Gasteiger partial charge in [0.1, 0.15) is 0 Å². The maximum atomic E-state index is 12.6. The number of nitrogens with zero attached hydrogens (tertiary/aromatic N) is 1. The van der Waals surface area contributed by atoms with Gasteiger partial charge in [0.05, 0.1) is 25.3 Å². The Morgan fingerprint density at radius 2 is 2.04 bits per heavy atom. The van der Waals surface area contributed by atoms with Gasteiger partial charge >= 0.3 is 6.18 Å². The van der Waals surface area contributed by atoms with Crippen LogP contribution in [-0.4, -0.2) is 24.3 Å². The summed E-state index contributed by atoms with van der Waals surface area (Å²) in [6.07, 6.45) is -3.37. The Kier molecular flexibility index (Phi) is 5.63. The minimum absolute atomic E-state index is 0.0340. The number of halogens is 3. The lowest BCUT2D eigenvalue weighted by molar-refractivity contribution is -0.137. The molecule has 0 heterocycles. The number of rotatable bonds is 5. The molecule has 8 heteroatoms. The van der Waals surface area contributed by atoms with E-state index in [1.54, 1.807) is 6.07 Å². The summed E-state index contributed by atoms with van der Waals surface area (Å²) in [5.74, 6) is -0.339. The van der Waals surface area contributed by atoms with Crippen LogP contribution in [0.1, 0.15) is 16.7 Å². The number of alkyl halides is 3. The first-order chi connectivity index (χ1) is 11.8. The normalized spacial score (nSPS) is 11.5. The van der Waals surface area contributed by atoms with Gasteiger partial charge in [0, 0.05) is 0 Å². The SMILES string of the molecule is COc1cc(/C=N/NC(=O)Cc2cccc(C(F)(F)F)c2)ccc1O. The van der Waals surface area contributed by atoms with Crippen LogP contribution in [0.15, 0.2) is 47.6 Å². The number of carbonyl (C=O) groups is 1. The van der Waals surface area contributed by atoms with E-state index in [0.29, 0.717) is 5.56 Å². The first kappa shape index (κ1) is 18.3. The predicted octanol–water partition coefficient (Wildman–Crippen LogP) is 3.11. The number of aromatic hydroxyl groups is 1. The Morgan fingerprint density at radius 1 is 1.28 bits per heavy atom. The summed E-state index contributed by atoms with van der Waals surface area (Å²) in [5.41, 5.74) is 2.22. The lowest BCUT2D eigenvalue weighted by Gasteiger charge is -2.08. The highest BCUT2D eigenvalue weighted by Crippen LogP contribution is 2.29. The van der Waals surface area contributed by atoms with Crippen LogP contribution in [0.3, 0.4) is 0 Å². The smallest absolute Gasteiger partial charge is 0.416 e. The first-order valence-corrected chi connectivity index (χ1v) is 7.14. The lowest BCUT2D eigenvalue weighted by Crippen LogP contribution is -2.20. The number of ether oxygens (including phenoxy) is 1. The van der Waals surface area contributed by atoms with Crippen molar-refractivity contribution in [2.75, 3.05) is 7.11 Å². The van der Waals surface area contributed by atoms with Crippen molar-refractivity contribution in [2.24, 2.45) is 5.10 Å². The molecule has 5 nitrogen and oxygen atoms in total. The molecule has 132 valence electrons. The summed E-state index contributed by atoms with van der Waals surface area (Å²) in [6.45, 7) is 0. The number of benzene rings is 2. The van der Waals surface area contributed by atoms with Crippen molar-refractivity contribution in [2.45, 2.75) is 12.6 Å². The fourth-order valence-electron chi connectivity index (χ4n) is 2.04. The van der Waals surface area contributed by atoms with Crippen molar-refractivity contribution in [3.05, 3.63) is 59.2 Å². The zero-order valence-electron chi connectivity index (χ0n) is 13.2. The van der Waals surface area contributed by atoms with Gasteiger partial charge in [0.25, 0.3) is 0 Å². The third-order valence-electron chi connectivity index (χ3n) is 3.23. The van der Waals surface area contributed by atoms with Gasteiger partial charge in [-0.2, -0.15) is 18.3 Å². The summed E-state index contributed by atoms with van der Waals surface area (Å²) in [4.78, 5) is 11.8. The molecule has 0 bridgehead atoms. The number of carbonyl (C=O) groups excluding carboxylic acids is 1. The fraction of sp³-hybridized carbons (Fsp3) is 0.176. The molecule has 0 spiro atoms. The summed E-state index contributed by atoms with van der Waals surface area (Å²) in [5, 5.41) is 13.2. The molecule has 1 amide bonds. The van der Waals surface area contributed by atoms with Crippen molar-refractivity contribution in [3.63, 3.8) is 0 Å². The monoisotopic (exact) mass is 352 g/mol. The molecule has 0 saturated heterocycles. The molecule has 2 rings (SSSR count). The zero-order valence-corrected chi connectivity index (χ0v) is 13.2. The van der Waals surface area contributed by atoms with E-state index in [-0.39, 0.29) is 23.5 Å². The zero-order chi connectivity index (χ0) is 18.4. The minimum Gasteiger partial charge on any atom is -0.504 e. The molecule has 2 N–H and O–H groups in total. The highest BCUT2D eigenvalue weighted by molar-refractivity contribution is 5.84. The van der Waals surface area contributed by atoms with Crippen LogP contribution in [-0.2, 0) is 17.4 Å². The van der Waals surface area contributed by atoms with E-state index < -0.39 is 17.6 Å². The van der Waals surface area contributed by atoms with Gasteiger partial charge in [-0.15, -0.1) is 0 Å². The maximum Gasteiger partial charge on any atom is 0.416 e. The topological polar surface area (TPSA) is 70.9 Å². The van der Waals surface area contributed by atoms with Gasteiger partial charge in [-0.25, -0.2) is 5.43 Å². The third-order valence-corrected chi connectivity index (χ3v) is 3.23. The molecule has 2 aromatic rings. The molecular formula is C17H15F3N2O3. The van der Waals surface area contributed by atoms with Crippen LogP contribution in [0.2, 0.25) is 0 Å². The molecule has 0 fully saturated rings. The van der Waals surface area contributed by atoms with Crippen molar-refractivity contribution < 1.29 is 27.8 Å². The minimum atomic E-state index is -4.46. The molecule has 0 radical (unpaired) electrons. The molecule has 0 saturated carbocycles. The summed E-state index contributed by atoms with van der Waals surface area (Å²) >= 11 is 0. The Bertz CT molecular complexity index is 789. The van der Waals surface area contributed by atoms with Gasteiger partial charge in [0.15, 0.2) is 11.5 Å². The molecule has 0 atom stereocenters. The van der Waals surface area contributed by atoms with Gasteiger partial charge in [-0.3, -0.25) is 4.79 Å². The number of hydrazone groups is 1. The summed E-state index contributed by atoms with van der Waals surface area (Å²) < 4.78 is 42.8. The average Bonchev–Trinajstić information content (AvgIpc) is 2.56. The van der Waals surface area contributed by atoms with E-state index >= 15 is 0 Å². The molecule has 0 aliphatic carbocycles. The first-order valence-electron chi connectivity index (χ1n) is 7.14. The van der Waals surface area contributed by atoms with E-state index in [1.807, 2.05) is 0 Å². The van der Waals surface area contributed by atoms with Gasteiger partial charge in [0.2, 0.25) is 5.91 Å². The van der Waals surface area contributed by atoms with Gasteiger partial charge < -0.3 is 9.84 Å². The molecule has 0 aliphatic heterocycles. The molecule has 2 aromatic carbocycles. The second-order valence-electron chi connectivity index (χ2n) is 5.10. The van der Waals surface area contributed by atoms with Gasteiger partial charge in [-0.1, -0.05) is 18.2 Å². The highest BCUT2D eigenvalue weighted by Gasteiger charge is 2.30. The molecule has 0 aromatic heterocycles. The second kappa shape index (κ2) is 7.69. The van der Waals surface area contributed by atoms with E-state index in [0.717, 1.165) is 12.1 Å².